The van der Waals surface area contributed by atoms with Gasteiger partial charge >= 0.3 is 5.97 Å². The molecule has 2 aromatic carbocycles. The highest BCUT2D eigenvalue weighted by Gasteiger charge is 2.42. The number of allylic oxidation sites excluding steroid dienone is 3. The van der Waals surface area contributed by atoms with Gasteiger partial charge in [-0.05, 0) is 83.9 Å². The number of methoxy groups -OCH3 is 4. The topological polar surface area (TPSA) is 92.3 Å². The number of dihydropyridines is 1. The number of esters is 1. The van der Waals surface area contributed by atoms with E-state index < -0.39 is 11.9 Å². The minimum Gasteiger partial charge on any atom is -0.493 e. The molecule has 0 unspecified atom stereocenters. The molecule has 0 radical (unpaired) electrons. The maximum absolute atomic E-state index is 14.0. The smallest absolute Gasteiger partial charge is 0.337 e. The number of hydrogen-bond donors (Lipinski definition) is 1. The fourth-order valence-corrected chi connectivity index (χ4v) is 6.04. The van der Waals surface area contributed by atoms with E-state index in [0.29, 0.717) is 57.2 Å². The predicted octanol–water partition coefficient (Wildman–Crippen LogP) is 6.19. The van der Waals surface area contributed by atoms with Crippen molar-refractivity contribution in [2.24, 2.45) is 0 Å². The van der Waals surface area contributed by atoms with Crippen LogP contribution >= 0.6 is 15.9 Å². The van der Waals surface area contributed by atoms with Crippen LogP contribution in [-0.2, 0) is 14.3 Å². The number of nitrogens with one attached hydrogen (secondary N) is 1. The molecule has 0 saturated carbocycles. The van der Waals surface area contributed by atoms with Crippen LogP contribution in [0.5, 0.6) is 23.0 Å². The van der Waals surface area contributed by atoms with Crippen LogP contribution in [0, 0.1) is 0 Å². The zero-order valence-electron chi connectivity index (χ0n) is 24.0. The van der Waals surface area contributed by atoms with Gasteiger partial charge in [0, 0.05) is 29.3 Å². The molecule has 0 aromatic heterocycles. The second-order valence-electron chi connectivity index (χ2n) is 9.99. The average Bonchev–Trinajstić information content (AvgIpc) is 2.95. The molecule has 1 heterocycles. The third-order valence-corrected chi connectivity index (χ3v) is 8.19. The summed E-state index contributed by atoms with van der Waals surface area (Å²) in [5.74, 6) is 1.08. The van der Waals surface area contributed by atoms with Gasteiger partial charge < -0.3 is 29.0 Å². The summed E-state index contributed by atoms with van der Waals surface area (Å²) in [6.45, 7) is 5.67. The SMILES string of the molecule is CC[C@@H](C)OC(=O)C1=C(C)NC2=C(C(=O)C[C@H](c3ccc(OC)c(OC)c3)C2)[C@@H]1c1cc(Br)c(OC)c(OC)c1. The van der Waals surface area contributed by atoms with Gasteiger partial charge in [0.15, 0.2) is 28.8 Å². The van der Waals surface area contributed by atoms with Crippen molar-refractivity contribution in [1.82, 2.24) is 5.32 Å². The summed E-state index contributed by atoms with van der Waals surface area (Å²) >= 11 is 3.58. The van der Waals surface area contributed by atoms with E-state index in [9.17, 15) is 9.59 Å². The molecule has 0 bridgehead atoms. The van der Waals surface area contributed by atoms with Crippen molar-refractivity contribution in [3.63, 3.8) is 0 Å². The van der Waals surface area contributed by atoms with Gasteiger partial charge in [-0.25, -0.2) is 4.79 Å². The highest BCUT2D eigenvalue weighted by atomic mass is 79.9. The number of hydrogen-bond acceptors (Lipinski definition) is 8. The number of Topliss-reactive ketones (excluding diaryl/α,β-unsaturated/α-hetero) is 1. The third kappa shape index (κ3) is 5.57. The number of ether oxygens (including phenoxy) is 5. The molecule has 2 aliphatic rings. The Kier molecular flexibility index (Phi) is 9.13. The van der Waals surface area contributed by atoms with Crippen molar-refractivity contribution in [2.45, 2.75) is 58.0 Å². The molecule has 2 aromatic rings. The highest BCUT2D eigenvalue weighted by molar-refractivity contribution is 9.10. The zero-order valence-corrected chi connectivity index (χ0v) is 25.6. The lowest BCUT2D eigenvalue weighted by Crippen LogP contribution is -2.36. The first-order chi connectivity index (χ1) is 19.2. The monoisotopic (exact) mass is 613 g/mol. The fraction of sp³-hybridized carbons (Fsp3) is 0.419. The van der Waals surface area contributed by atoms with Gasteiger partial charge in [0.05, 0.1) is 44.6 Å². The van der Waals surface area contributed by atoms with Crippen LogP contribution in [0.15, 0.2) is 57.3 Å². The van der Waals surface area contributed by atoms with Crippen LogP contribution in [0.1, 0.15) is 63.0 Å². The number of carbonyl (C=O) groups excluding carboxylic acids is 2. The van der Waals surface area contributed by atoms with E-state index in [0.717, 1.165) is 16.8 Å². The number of halogens is 1. The summed E-state index contributed by atoms with van der Waals surface area (Å²) in [4.78, 5) is 27.6. The lowest BCUT2D eigenvalue weighted by Gasteiger charge is -2.37. The molecule has 0 saturated heterocycles. The van der Waals surface area contributed by atoms with Crippen LogP contribution in [0.2, 0.25) is 0 Å². The van der Waals surface area contributed by atoms with Crippen molar-refractivity contribution < 1.29 is 33.3 Å². The van der Waals surface area contributed by atoms with Gasteiger partial charge in [0.2, 0.25) is 0 Å². The molecule has 0 fully saturated rings. The van der Waals surface area contributed by atoms with Gasteiger partial charge in [-0.15, -0.1) is 0 Å². The first-order valence-corrected chi connectivity index (χ1v) is 14.0. The molecule has 1 aliphatic heterocycles. The lowest BCUT2D eigenvalue weighted by atomic mass is 9.71. The number of benzene rings is 2. The van der Waals surface area contributed by atoms with Crippen LogP contribution in [0.3, 0.4) is 0 Å². The van der Waals surface area contributed by atoms with Crippen molar-refractivity contribution in [1.29, 1.82) is 0 Å². The summed E-state index contributed by atoms with van der Waals surface area (Å²) in [5, 5.41) is 3.40. The van der Waals surface area contributed by atoms with Crippen LogP contribution < -0.4 is 24.3 Å². The maximum Gasteiger partial charge on any atom is 0.337 e. The van der Waals surface area contributed by atoms with E-state index in [1.165, 1.54) is 0 Å². The Hall–Kier alpha value is -3.46. The summed E-state index contributed by atoms with van der Waals surface area (Å²) in [6.07, 6.45) is 1.29. The Morgan fingerprint density at radius 3 is 2.27 bits per heavy atom. The average molecular weight is 615 g/mol. The Morgan fingerprint density at radius 2 is 1.65 bits per heavy atom. The van der Waals surface area contributed by atoms with Crippen molar-refractivity contribution in [3.8, 4) is 23.0 Å². The normalized spacial score (nSPS) is 19.4. The molecule has 214 valence electrons. The summed E-state index contributed by atoms with van der Waals surface area (Å²) in [5.41, 5.74) is 4.14. The van der Waals surface area contributed by atoms with Crippen LogP contribution in [0.25, 0.3) is 0 Å². The molecule has 4 rings (SSSR count). The molecule has 0 amide bonds. The molecule has 1 N–H and O–H groups in total. The van der Waals surface area contributed by atoms with E-state index >= 15 is 0 Å². The molecular weight excluding hydrogens is 578 g/mol. The Bertz CT molecular complexity index is 1380. The van der Waals surface area contributed by atoms with E-state index in [1.54, 1.807) is 28.4 Å². The largest absolute Gasteiger partial charge is 0.493 e. The fourth-order valence-electron chi connectivity index (χ4n) is 5.42. The molecule has 40 heavy (non-hydrogen) atoms. The predicted molar refractivity (Wildman–Crippen MR) is 155 cm³/mol. The number of rotatable bonds is 9. The summed E-state index contributed by atoms with van der Waals surface area (Å²) in [6, 6.07) is 9.44. The van der Waals surface area contributed by atoms with Gasteiger partial charge in [-0.2, -0.15) is 0 Å². The van der Waals surface area contributed by atoms with Crippen molar-refractivity contribution in [3.05, 3.63) is 68.5 Å². The Labute approximate surface area is 243 Å². The van der Waals surface area contributed by atoms with Gasteiger partial charge in [-0.3, -0.25) is 4.79 Å². The van der Waals surface area contributed by atoms with Crippen molar-refractivity contribution in [2.75, 3.05) is 28.4 Å². The first kappa shape index (κ1) is 29.5. The van der Waals surface area contributed by atoms with Gasteiger partial charge in [0.1, 0.15) is 0 Å². The number of ketones is 1. The molecule has 1 aliphatic carbocycles. The lowest BCUT2D eigenvalue weighted by molar-refractivity contribution is -0.144. The molecule has 0 spiro atoms. The van der Waals surface area contributed by atoms with Gasteiger partial charge in [0.25, 0.3) is 0 Å². The minimum absolute atomic E-state index is 0.0363. The second kappa shape index (κ2) is 12.4. The first-order valence-electron chi connectivity index (χ1n) is 13.3. The Balaban J connectivity index is 1.84. The standard InChI is InChI=1S/C31H36BrNO7/c1-8-16(2)40-31(35)27-17(3)33-22-12-19(18-9-10-24(36-4)25(14-18)37-5)13-23(34)29(22)28(27)20-11-21(32)30(39-7)26(15-20)38-6/h9-11,14-16,19,28,33H,8,12-13H2,1-7H3/t16-,19-,28-/m1/s1. The third-order valence-electron chi connectivity index (χ3n) is 7.60. The Morgan fingerprint density at radius 1 is 0.975 bits per heavy atom. The quantitative estimate of drug-likeness (QED) is 0.335. The van der Waals surface area contributed by atoms with Crippen LogP contribution in [0.4, 0.5) is 0 Å². The zero-order chi connectivity index (χ0) is 29.1. The molecular formula is C31H36BrNO7. The van der Waals surface area contributed by atoms with E-state index in [1.807, 2.05) is 51.1 Å². The molecule has 8 nitrogen and oxygen atoms in total. The maximum atomic E-state index is 14.0. The van der Waals surface area contributed by atoms with E-state index in [4.69, 9.17) is 23.7 Å². The number of carbonyl (C=O) groups is 2. The van der Waals surface area contributed by atoms with Crippen molar-refractivity contribution >= 4 is 27.7 Å². The molecule has 3 atom stereocenters. The van der Waals surface area contributed by atoms with E-state index in [2.05, 4.69) is 21.2 Å². The molecule has 9 heteroatoms. The van der Waals surface area contributed by atoms with E-state index in [-0.39, 0.29) is 24.2 Å². The second-order valence-corrected chi connectivity index (χ2v) is 10.8. The van der Waals surface area contributed by atoms with Crippen LogP contribution in [-0.4, -0.2) is 46.3 Å². The summed E-state index contributed by atoms with van der Waals surface area (Å²) < 4.78 is 28.4. The minimum atomic E-state index is -0.636. The highest BCUT2D eigenvalue weighted by Crippen LogP contribution is 2.49. The summed E-state index contributed by atoms with van der Waals surface area (Å²) in [7, 11) is 6.30. The van der Waals surface area contributed by atoms with Gasteiger partial charge in [-0.1, -0.05) is 13.0 Å².